The number of nitrogens with one attached hydrogen (secondary N) is 2. The number of para-hydroxylation sites is 1. The van der Waals surface area contributed by atoms with E-state index in [2.05, 4.69) is 39.7 Å². The summed E-state index contributed by atoms with van der Waals surface area (Å²) in [5.74, 6) is 1.04. The minimum atomic E-state index is 0.0645. The van der Waals surface area contributed by atoms with Gasteiger partial charge < -0.3 is 10.6 Å². The second kappa shape index (κ2) is 5.62. The number of benzene rings is 1. The Labute approximate surface area is 137 Å². The van der Waals surface area contributed by atoms with E-state index in [1.165, 1.54) is 10.4 Å². The molecular formula is C17H16N4OS. The largest absolute Gasteiger partial charge is 0.369 e. The zero-order chi connectivity index (χ0) is 15.8. The maximum atomic E-state index is 11.9. The average molecular weight is 324 g/mol. The van der Waals surface area contributed by atoms with Crippen molar-refractivity contribution in [1.29, 1.82) is 0 Å². The first-order valence-corrected chi connectivity index (χ1v) is 8.36. The van der Waals surface area contributed by atoms with Gasteiger partial charge in [-0.25, -0.2) is 9.97 Å². The highest BCUT2D eigenvalue weighted by atomic mass is 32.1. The molecule has 1 aliphatic heterocycles. The van der Waals surface area contributed by atoms with Crippen molar-refractivity contribution < 1.29 is 4.79 Å². The van der Waals surface area contributed by atoms with E-state index >= 15 is 0 Å². The zero-order valence-corrected chi connectivity index (χ0v) is 13.5. The highest BCUT2D eigenvalue weighted by Gasteiger charge is 2.24. The van der Waals surface area contributed by atoms with Crippen LogP contribution in [0.5, 0.6) is 0 Å². The highest BCUT2D eigenvalue weighted by molar-refractivity contribution is 7.18. The van der Waals surface area contributed by atoms with Gasteiger partial charge in [0.15, 0.2) is 0 Å². The number of aryl methyl sites for hydroxylation is 1. The van der Waals surface area contributed by atoms with Crippen LogP contribution in [-0.2, 0) is 4.79 Å². The van der Waals surface area contributed by atoms with Gasteiger partial charge in [-0.2, -0.15) is 0 Å². The summed E-state index contributed by atoms with van der Waals surface area (Å²) in [6, 6.07) is 10.1. The van der Waals surface area contributed by atoms with Crippen molar-refractivity contribution in [2.24, 2.45) is 0 Å². The Morgan fingerprint density at radius 2 is 2.22 bits per heavy atom. The van der Waals surface area contributed by atoms with Crippen molar-refractivity contribution in [3.05, 3.63) is 47.1 Å². The highest BCUT2D eigenvalue weighted by Crippen LogP contribution is 2.33. The lowest BCUT2D eigenvalue weighted by molar-refractivity contribution is -0.116. The molecule has 0 bridgehead atoms. The van der Waals surface area contributed by atoms with Crippen LogP contribution in [0.15, 0.2) is 36.7 Å². The number of fused-ring (bicyclic) bond motifs is 2. The fourth-order valence-electron chi connectivity index (χ4n) is 3.02. The number of carbonyl (C=O) groups is 1. The van der Waals surface area contributed by atoms with E-state index in [1.807, 2.05) is 18.2 Å². The molecule has 2 N–H and O–H groups in total. The molecule has 0 unspecified atom stereocenters. The molecule has 5 nitrogen and oxygen atoms in total. The van der Waals surface area contributed by atoms with Crippen LogP contribution in [0.3, 0.4) is 0 Å². The summed E-state index contributed by atoms with van der Waals surface area (Å²) < 4.78 is 0. The van der Waals surface area contributed by atoms with Crippen LogP contribution in [0, 0.1) is 6.92 Å². The van der Waals surface area contributed by atoms with Crippen LogP contribution in [0.1, 0.15) is 22.8 Å². The number of amides is 1. The molecule has 116 valence electrons. The van der Waals surface area contributed by atoms with Gasteiger partial charge in [-0.05, 0) is 24.6 Å². The minimum absolute atomic E-state index is 0.0645. The average Bonchev–Trinajstić information content (AvgIpc) is 2.93. The molecule has 3 aromatic rings. The predicted molar refractivity (Wildman–Crippen MR) is 93.1 cm³/mol. The molecule has 3 heterocycles. The van der Waals surface area contributed by atoms with Crippen LogP contribution >= 0.6 is 11.3 Å². The fourth-order valence-corrected chi connectivity index (χ4v) is 3.87. The maximum absolute atomic E-state index is 11.9. The third-order valence-electron chi connectivity index (χ3n) is 4.08. The van der Waals surface area contributed by atoms with Crippen molar-refractivity contribution in [1.82, 2.24) is 9.97 Å². The van der Waals surface area contributed by atoms with Gasteiger partial charge in [0.1, 0.15) is 17.0 Å². The quantitative estimate of drug-likeness (QED) is 0.773. The first-order valence-electron chi connectivity index (χ1n) is 7.54. The Kier molecular flexibility index (Phi) is 3.46. The Bertz CT molecular complexity index is 889. The molecule has 6 heteroatoms. The predicted octanol–water partition coefficient (Wildman–Crippen LogP) is 3.54. The van der Waals surface area contributed by atoms with E-state index in [1.54, 1.807) is 17.7 Å². The number of anilines is 2. The Hall–Kier alpha value is -2.47. The Morgan fingerprint density at radius 1 is 1.35 bits per heavy atom. The lowest BCUT2D eigenvalue weighted by Crippen LogP contribution is -2.26. The first-order chi connectivity index (χ1) is 11.2. The van der Waals surface area contributed by atoms with Crippen molar-refractivity contribution in [2.75, 3.05) is 17.2 Å². The van der Waals surface area contributed by atoms with Crippen molar-refractivity contribution in [2.45, 2.75) is 19.3 Å². The summed E-state index contributed by atoms with van der Waals surface area (Å²) >= 11 is 1.66. The van der Waals surface area contributed by atoms with Crippen LogP contribution < -0.4 is 10.6 Å². The summed E-state index contributed by atoms with van der Waals surface area (Å²) in [7, 11) is 0. The number of carbonyl (C=O) groups excluding carboxylic acids is 1. The van der Waals surface area contributed by atoms with Crippen LogP contribution in [0.2, 0.25) is 0 Å². The molecule has 0 radical (unpaired) electrons. The standard InChI is InChI=1S/C17H16N4OS/c1-10-6-13-16(19-9-20-17(13)23-10)18-8-11-7-15(22)21-14-5-3-2-4-12(11)14/h2-6,9,11H,7-8H2,1H3,(H,21,22)(H,18,19,20)/t11-/m0/s1. The molecule has 1 amide bonds. The number of hydrogen-bond donors (Lipinski definition) is 2. The Balaban J connectivity index is 1.60. The van der Waals surface area contributed by atoms with Crippen LogP contribution in [0.25, 0.3) is 10.2 Å². The molecule has 1 atom stereocenters. The van der Waals surface area contributed by atoms with Gasteiger partial charge in [0, 0.05) is 29.4 Å². The van der Waals surface area contributed by atoms with Crippen molar-refractivity contribution >= 4 is 39.0 Å². The van der Waals surface area contributed by atoms with E-state index in [4.69, 9.17) is 0 Å². The van der Waals surface area contributed by atoms with Gasteiger partial charge in [0.25, 0.3) is 0 Å². The topological polar surface area (TPSA) is 66.9 Å². The molecule has 23 heavy (non-hydrogen) atoms. The molecule has 0 fully saturated rings. The Morgan fingerprint density at radius 3 is 3.13 bits per heavy atom. The van der Waals surface area contributed by atoms with Crippen molar-refractivity contribution in [3.8, 4) is 0 Å². The number of hydrogen-bond acceptors (Lipinski definition) is 5. The summed E-state index contributed by atoms with van der Waals surface area (Å²) in [6.45, 7) is 2.74. The van der Waals surface area contributed by atoms with E-state index in [9.17, 15) is 4.79 Å². The van der Waals surface area contributed by atoms with E-state index in [0.717, 1.165) is 21.7 Å². The zero-order valence-electron chi connectivity index (χ0n) is 12.7. The van der Waals surface area contributed by atoms with E-state index in [-0.39, 0.29) is 11.8 Å². The molecule has 4 rings (SSSR count). The van der Waals surface area contributed by atoms with Crippen LogP contribution in [-0.4, -0.2) is 22.4 Å². The second-order valence-electron chi connectivity index (χ2n) is 5.72. The van der Waals surface area contributed by atoms with Crippen molar-refractivity contribution in [3.63, 3.8) is 0 Å². The number of nitrogens with zero attached hydrogens (tertiary/aromatic N) is 2. The maximum Gasteiger partial charge on any atom is 0.225 e. The number of thiophene rings is 1. The lowest BCUT2D eigenvalue weighted by atomic mass is 9.90. The SMILES string of the molecule is Cc1cc2c(NC[C@@H]3CC(=O)Nc4ccccc43)ncnc2s1. The van der Waals surface area contributed by atoms with Gasteiger partial charge in [0.2, 0.25) is 5.91 Å². The van der Waals surface area contributed by atoms with Gasteiger partial charge in [-0.3, -0.25) is 4.79 Å². The summed E-state index contributed by atoms with van der Waals surface area (Å²) in [4.78, 5) is 22.8. The number of aromatic nitrogens is 2. The molecule has 0 saturated carbocycles. The van der Waals surface area contributed by atoms with Gasteiger partial charge in [0.05, 0.1) is 5.39 Å². The smallest absolute Gasteiger partial charge is 0.225 e. The molecule has 2 aromatic heterocycles. The first kappa shape index (κ1) is 14.1. The molecule has 1 aromatic carbocycles. The normalized spacial score (nSPS) is 16.9. The molecule has 0 aliphatic carbocycles. The van der Waals surface area contributed by atoms with Gasteiger partial charge >= 0.3 is 0 Å². The van der Waals surface area contributed by atoms with Gasteiger partial charge in [-0.15, -0.1) is 11.3 Å². The second-order valence-corrected chi connectivity index (χ2v) is 6.95. The summed E-state index contributed by atoms with van der Waals surface area (Å²) in [5, 5.41) is 7.38. The summed E-state index contributed by atoms with van der Waals surface area (Å²) in [5.41, 5.74) is 2.08. The van der Waals surface area contributed by atoms with E-state index < -0.39 is 0 Å². The molecule has 0 spiro atoms. The van der Waals surface area contributed by atoms with Crippen LogP contribution in [0.4, 0.5) is 11.5 Å². The molecule has 0 saturated heterocycles. The summed E-state index contributed by atoms with van der Waals surface area (Å²) in [6.07, 6.45) is 2.07. The fraction of sp³-hybridized carbons (Fsp3) is 0.235. The molecular weight excluding hydrogens is 308 g/mol. The van der Waals surface area contributed by atoms with E-state index in [0.29, 0.717) is 13.0 Å². The third-order valence-corrected chi connectivity index (χ3v) is 5.03. The third kappa shape index (κ3) is 2.66. The molecule has 1 aliphatic rings. The van der Waals surface area contributed by atoms with Gasteiger partial charge in [-0.1, -0.05) is 18.2 Å². The minimum Gasteiger partial charge on any atom is -0.369 e. The monoisotopic (exact) mass is 324 g/mol. The lowest BCUT2D eigenvalue weighted by Gasteiger charge is -2.25. The number of rotatable bonds is 3.